The molecule has 1 aromatic heterocycles. The fourth-order valence-electron chi connectivity index (χ4n) is 1.37. The molecule has 16 heavy (non-hydrogen) atoms. The maximum Gasteiger partial charge on any atom is 0.152 e. The van der Waals surface area contributed by atoms with Gasteiger partial charge in [0.15, 0.2) is 5.82 Å². The van der Waals surface area contributed by atoms with Crippen LogP contribution >= 0.6 is 23.2 Å². The lowest BCUT2D eigenvalue weighted by molar-refractivity contribution is 0.415. The Hall–Kier alpha value is -1.26. The number of methoxy groups -OCH3 is 1. The van der Waals surface area contributed by atoms with E-state index in [-0.39, 0.29) is 0 Å². The van der Waals surface area contributed by atoms with Gasteiger partial charge in [0.25, 0.3) is 0 Å². The van der Waals surface area contributed by atoms with Crippen molar-refractivity contribution < 1.29 is 4.74 Å². The molecule has 4 nitrogen and oxygen atoms in total. The van der Waals surface area contributed by atoms with Crippen LogP contribution in [0.15, 0.2) is 24.5 Å². The molecule has 0 fully saturated rings. The molecule has 6 heteroatoms. The molecule has 0 atom stereocenters. The van der Waals surface area contributed by atoms with Gasteiger partial charge in [0.2, 0.25) is 0 Å². The molecule has 0 radical (unpaired) electrons. The van der Waals surface area contributed by atoms with E-state index in [1.165, 1.54) is 0 Å². The second-order valence-corrected chi connectivity index (χ2v) is 3.74. The van der Waals surface area contributed by atoms with Crippen molar-refractivity contribution in [3.63, 3.8) is 0 Å². The predicted octanol–water partition coefficient (Wildman–Crippen LogP) is 2.67. The van der Waals surface area contributed by atoms with Crippen LogP contribution in [0.25, 0.3) is 5.69 Å². The van der Waals surface area contributed by atoms with Crippen molar-refractivity contribution in [2.24, 2.45) is 0 Å². The first-order valence-electron chi connectivity index (χ1n) is 4.55. The predicted molar refractivity (Wildman–Crippen MR) is 62.5 cm³/mol. The van der Waals surface area contributed by atoms with Crippen LogP contribution in [0.1, 0.15) is 5.82 Å². The maximum atomic E-state index is 6.03. The lowest BCUT2D eigenvalue weighted by atomic mass is 10.3. The third kappa shape index (κ3) is 1.99. The summed E-state index contributed by atoms with van der Waals surface area (Å²) in [6, 6.07) is 5.43. The third-order valence-electron chi connectivity index (χ3n) is 2.15. The van der Waals surface area contributed by atoms with Crippen molar-refractivity contribution in [3.8, 4) is 11.4 Å². The Morgan fingerprint density at radius 3 is 2.88 bits per heavy atom. The highest BCUT2D eigenvalue weighted by atomic mass is 35.5. The normalized spacial score (nSPS) is 10.4. The van der Waals surface area contributed by atoms with Gasteiger partial charge < -0.3 is 4.74 Å². The summed E-state index contributed by atoms with van der Waals surface area (Å²) in [5.74, 6) is 1.60. The monoisotopic (exact) mass is 257 g/mol. The molecule has 0 saturated heterocycles. The van der Waals surface area contributed by atoms with Crippen molar-refractivity contribution in [2.75, 3.05) is 7.11 Å². The van der Waals surface area contributed by atoms with E-state index in [1.807, 2.05) is 6.07 Å². The van der Waals surface area contributed by atoms with Crippen LogP contribution in [0.2, 0.25) is 5.02 Å². The van der Waals surface area contributed by atoms with E-state index >= 15 is 0 Å². The van der Waals surface area contributed by atoms with Crippen LogP contribution in [0.3, 0.4) is 0 Å². The van der Waals surface area contributed by atoms with Gasteiger partial charge in [-0.3, -0.25) is 4.57 Å². The van der Waals surface area contributed by atoms with Gasteiger partial charge in [-0.1, -0.05) is 11.6 Å². The van der Waals surface area contributed by atoms with Crippen molar-refractivity contribution in [2.45, 2.75) is 5.88 Å². The molecule has 0 unspecified atom stereocenters. The number of benzene rings is 1. The molecule has 1 aromatic carbocycles. The van der Waals surface area contributed by atoms with E-state index in [4.69, 9.17) is 27.9 Å². The van der Waals surface area contributed by atoms with E-state index in [9.17, 15) is 0 Å². The molecule has 2 aromatic rings. The highest BCUT2D eigenvalue weighted by Crippen LogP contribution is 2.26. The van der Waals surface area contributed by atoms with Gasteiger partial charge in [-0.15, -0.1) is 21.8 Å². The minimum Gasteiger partial charge on any atom is -0.495 e. The minimum absolute atomic E-state index is 0.295. The Balaban J connectivity index is 2.45. The second kappa shape index (κ2) is 4.72. The van der Waals surface area contributed by atoms with Gasteiger partial charge in [-0.2, -0.15) is 0 Å². The van der Waals surface area contributed by atoms with E-state index in [0.29, 0.717) is 22.5 Å². The lowest BCUT2D eigenvalue weighted by Gasteiger charge is -2.07. The molecule has 0 aliphatic rings. The minimum atomic E-state index is 0.295. The zero-order valence-electron chi connectivity index (χ0n) is 8.52. The first-order chi connectivity index (χ1) is 7.76. The van der Waals surface area contributed by atoms with Crippen LogP contribution in [0.4, 0.5) is 0 Å². The molecule has 0 spiro atoms. The summed E-state index contributed by atoms with van der Waals surface area (Å²) in [6.45, 7) is 0. The van der Waals surface area contributed by atoms with Crippen LogP contribution < -0.4 is 4.74 Å². The summed E-state index contributed by atoms with van der Waals surface area (Å²) in [7, 11) is 1.57. The van der Waals surface area contributed by atoms with Gasteiger partial charge in [0.1, 0.15) is 12.1 Å². The zero-order valence-corrected chi connectivity index (χ0v) is 10.0. The van der Waals surface area contributed by atoms with E-state index in [1.54, 1.807) is 30.1 Å². The standard InChI is InChI=1S/C10H9Cl2N3O/c1-16-9-3-2-7(4-8(9)12)15-6-13-14-10(15)5-11/h2-4,6H,5H2,1H3. The van der Waals surface area contributed by atoms with Crippen LogP contribution in [-0.4, -0.2) is 21.9 Å². The summed E-state index contributed by atoms with van der Waals surface area (Å²) in [5.41, 5.74) is 0.853. The number of rotatable bonds is 3. The number of aromatic nitrogens is 3. The lowest BCUT2D eigenvalue weighted by Crippen LogP contribution is -1.98. The molecule has 0 bridgehead atoms. The fraction of sp³-hybridized carbons (Fsp3) is 0.200. The number of hydrogen-bond donors (Lipinski definition) is 0. The van der Waals surface area contributed by atoms with E-state index < -0.39 is 0 Å². The van der Waals surface area contributed by atoms with Crippen LogP contribution in [0.5, 0.6) is 5.75 Å². The average Bonchev–Trinajstić information content (AvgIpc) is 2.77. The maximum absolute atomic E-state index is 6.03. The fourth-order valence-corrected chi connectivity index (χ4v) is 1.81. The molecular weight excluding hydrogens is 249 g/mol. The molecular formula is C10H9Cl2N3O. The Bertz CT molecular complexity index is 499. The van der Waals surface area contributed by atoms with Crippen LogP contribution in [-0.2, 0) is 5.88 Å². The SMILES string of the molecule is COc1ccc(-n2cnnc2CCl)cc1Cl. The Labute approximate surface area is 103 Å². The Morgan fingerprint density at radius 2 is 2.25 bits per heavy atom. The molecule has 1 heterocycles. The number of nitrogens with zero attached hydrogens (tertiary/aromatic N) is 3. The highest BCUT2D eigenvalue weighted by molar-refractivity contribution is 6.32. The molecule has 0 N–H and O–H groups in total. The number of ether oxygens (including phenoxy) is 1. The van der Waals surface area contributed by atoms with Crippen LogP contribution in [0, 0.1) is 0 Å². The summed E-state index contributed by atoms with van der Waals surface area (Å²) >= 11 is 11.8. The van der Waals surface area contributed by atoms with Gasteiger partial charge in [0.05, 0.1) is 23.7 Å². The summed E-state index contributed by atoms with van der Waals surface area (Å²) in [5, 5.41) is 8.22. The first-order valence-corrected chi connectivity index (χ1v) is 5.46. The van der Waals surface area contributed by atoms with Gasteiger partial charge >= 0.3 is 0 Å². The third-order valence-corrected chi connectivity index (χ3v) is 2.69. The van der Waals surface area contributed by atoms with E-state index in [0.717, 1.165) is 5.69 Å². The van der Waals surface area contributed by atoms with Gasteiger partial charge in [0, 0.05) is 0 Å². The number of halogens is 2. The largest absolute Gasteiger partial charge is 0.495 e. The molecule has 2 rings (SSSR count). The first kappa shape index (κ1) is 11.2. The van der Waals surface area contributed by atoms with Gasteiger partial charge in [-0.25, -0.2) is 0 Å². The Morgan fingerprint density at radius 1 is 1.44 bits per heavy atom. The van der Waals surface area contributed by atoms with Crippen molar-refractivity contribution in [3.05, 3.63) is 35.4 Å². The van der Waals surface area contributed by atoms with Crippen molar-refractivity contribution in [1.29, 1.82) is 0 Å². The average molecular weight is 258 g/mol. The number of hydrogen-bond acceptors (Lipinski definition) is 3. The smallest absolute Gasteiger partial charge is 0.152 e. The topological polar surface area (TPSA) is 39.9 Å². The summed E-state index contributed by atoms with van der Waals surface area (Å²) in [4.78, 5) is 0. The molecule has 0 amide bonds. The number of alkyl halides is 1. The molecule has 84 valence electrons. The van der Waals surface area contributed by atoms with Gasteiger partial charge in [-0.05, 0) is 18.2 Å². The highest BCUT2D eigenvalue weighted by Gasteiger charge is 2.07. The molecule has 0 saturated carbocycles. The molecule has 0 aliphatic carbocycles. The second-order valence-electron chi connectivity index (χ2n) is 3.07. The van der Waals surface area contributed by atoms with E-state index in [2.05, 4.69) is 10.2 Å². The summed E-state index contributed by atoms with van der Waals surface area (Å²) < 4.78 is 6.85. The molecule has 0 aliphatic heterocycles. The van der Waals surface area contributed by atoms with Crippen molar-refractivity contribution >= 4 is 23.2 Å². The zero-order chi connectivity index (χ0) is 11.5. The Kier molecular flexibility index (Phi) is 3.31. The quantitative estimate of drug-likeness (QED) is 0.794. The summed E-state index contributed by atoms with van der Waals surface area (Å²) in [6.07, 6.45) is 1.59. The van der Waals surface area contributed by atoms with Crippen molar-refractivity contribution in [1.82, 2.24) is 14.8 Å².